The van der Waals surface area contributed by atoms with E-state index in [0.717, 1.165) is 56.1 Å². The van der Waals surface area contributed by atoms with Gasteiger partial charge in [-0.05, 0) is 79.4 Å². The van der Waals surface area contributed by atoms with E-state index in [1.54, 1.807) is 0 Å². The van der Waals surface area contributed by atoms with E-state index in [2.05, 4.69) is 36.4 Å². The van der Waals surface area contributed by atoms with Crippen LogP contribution in [0.25, 0.3) is 0 Å². The molecular weight excluding hydrogens is 439 g/mol. The van der Waals surface area contributed by atoms with Gasteiger partial charge in [-0.3, -0.25) is 0 Å². The van der Waals surface area contributed by atoms with Crippen molar-refractivity contribution in [3.63, 3.8) is 0 Å². The van der Waals surface area contributed by atoms with Gasteiger partial charge in [0, 0.05) is 12.8 Å². The van der Waals surface area contributed by atoms with Crippen LogP contribution in [0.4, 0.5) is 0 Å². The average molecular weight is 474 g/mol. The fraction of sp³-hybridized carbons (Fsp3) is 1.00. The van der Waals surface area contributed by atoms with Crippen molar-refractivity contribution in [2.24, 2.45) is 34.5 Å². The Kier molecular flexibility index (Phi) is 4.52. The highest BCUT2D eigenvalue weighted by atomic mass is 127. The van der Waals surface area contributed by atoms with Gasteiger partial charge in [0.05, 0.1) is 23.2 Å². The van der Waals surface area contributed by atoms with Gasteiger partial charge in [0.2, 0.25) is 0 Å². The van der Waals surface area contributed by atoms with Gasteiger partial charge in [0.25, 0.3) is 0 Å². The third-order valence-electron chi connectivity index (χ3n) is 9.67. The van der Waals surface area contributed by atoms with Crippen molar-refractivity contribution >= 4 is 22.6 Å². The van der Waals surface area contributed by atoms with E-state index in [4.69, 9.17) is 9.47 Å². The Morgan fingerprint density at radius 1 is 0.846 bits per heavy atom. The van der Waals surface area contributed by atoms with Crippen LogP contribution in [0.3, 0.4) is 0 Å². The largest absolute Gasteiger partial charge is 0.393 e. The van der Waals surface area contributed by atoms with Crippen molar-refractivity contribution in [1.82, 2.24) is 0 Å². The highest BCUT2D eigenvalue weighted by molar-refractivity contribution is 14.1. The zero-order valence-corrected chi connectivity index (χ0v) is 18.5. The molecule has 7 atom stereocenters. The summed E-state index contributed by atoms with van der Waals surface area (Å²) in [4.78, 5) is 0. The molecule has 0 bridgehead atoms. The fourth-order valence-electron chi connectivity index (χ4n) is 8.01. The third-order valence-corrected chi connectivity index (χ3v) is 10.4. The van der Waals surface area contributed by atoms with Crippen LogP contribution in [-0.2, 0) is 9.47 Å². The number of alkyl halides is 1. The van der Waals surface area contributed by atoms with Crippen molar-refractivity contribution in [2.45, 2.75) is 87.5 Å². The van der Waals surface area contributed by atoms with Gasteiger partial charge >= 0.3 is 0 Å². The van der Waals surface area contributed by atoms with Crippen molar-refractivity contribution in [3.05, 3.63) is 0 Å². The predicted octanol–water partition coefficient (Wildman–Crippen LogP) is 4.94. The number of aliphatic hydroxyl groups excluding tert-OH is 1. The molecule has 1 saturated heterocycles. The number of ether oxygens (including phenoxy) is 2. The lowest BCUT2D eigenvalue weighted by atomic mass is 9.45. The lowest BCUT2D eigenvalue weighted by Crippen LogP contribution is -2.58. The Labute approximate surface area is 172 Å². The second-order valence-corrected chi connectivity index (χ2v) is 12.4. The lowest BCUT2D eigenvalue weighted by Gasteiger charge is -2.62. The second kappa shape index (κ2) is 6.30. The van der Waals surface area contributed by atoms with Crippen molar-refractivity contribution < 1.29 is 14.6 Å². The molecule has 4 heteroatoms. The molecule has 1 aliphatic heterocycles. The van der Waals surface area contributed by atoms with Crippen LogP contribution in [0, 0.1) is 34.5 Å². The Balaban J connectivity index is 1.36. The maximum Gasteiger partial charge on any atom is 0.168 e. The molecule has 1 heterocycles. The molecule has 5 aliphatic rings. The minimum atomic E-state index is -0.272. The molecule has 5 rings (SSSR count). The minimum Gasteiger partial charge on any atom is -0.393 e. The summed E-state index contributed by atoms with van der Waals surface area (Å²) in [6.07, 6.45) is 10.9. The van der Waals surface area contributed by atoms with Gasteiger partial charge < -0.3 is 14.6 Å². The zero-order valence-electron chi connectivity index (χ0n) is 16.4. The molecule has 0 aromatic rings. The molecule has 0 aromatic carbocycles. The molecule has 4 aliphatic carbocycles. The summed E-state index contributed by atoms with van der Waals surface area (Å²) >= 11 is 2.45. The number of fused-ring (bicyclic) bond motifs is 5. The van der Waals surface area contributed by atoms with Gasteiger partial charge in [-0.1, -0.05) is 36.4 Å². The van der Waals surface area contributed by atoms with E-state index < -0.39 is 0 Å². The maximum atomic E-state index is 10.6. The Morgan fingerprint density at radius 3 is 2.35 bits per heavy atom. The number of aliphatic hydroxyl groups is 1. The van der Waals surface area contributed by atoms with Gasteiger partial charge in [0.1, 0.15) is 0 Å². The molecular formula is C22H35IO3. The van der Waals surface area contributed by atoms with Crippen molar-refractivity contribution in [3.8, 4) is 0 Å². The Hall–Kier alpha value is 0.610. The van der Waals surface area contributed by atoms with E-state index in [-0.39, 0.29) is 17.3 Å². The molecule has 4 saturated carbocycles. The van der Waals surface area contributed by atoms with Crippen LogP contribution in [0.1, 0.15) is 71.6 Å². The van der Waals surface area contributed by atoms with Crippen molar-refractivity contribution in [1.29, 1.82) is 0 Å². The summed E-state index contributed by atoms with van der Waals surface area (Å²) < 4.78 is 13.1. The van der Waals surface area contributed by atoms with E-state index in [1.807, 2.05) is 0 Å². The summed E-state index contributed by atoms with van der Waals surface area (Å²) in [7, 11) is 0. The highest BCUT2D eigenvalue weighted by Crippen LogP contribution is 2.67. The molecule has 26 heavy (non-hydrogen) atoms. The highest BCUT2D eigenvalue weighted by Gasteiger charge is 2.61. The molecule has 1 unspecified atom stereocenters. The Bertz CT molecular complexity index is 560. The summed E-state index contributed by atoms with van der Waals surface area (Å²) in [6.45, 7) is 6.70. The van der Waals surface area contributed by atoms with Gasteiger partial charge in [0.15, 0.2) is 5.79 Å². The molecule has 0 aromatic heterocycles. The van der Waals surface area contributed by atoms with Crippen molar-refractivity contribution in [2.75, 3.05) is 13.2 Å². The van der Waals surface area contributed by atoms with Crippen LogP contribution >= 0.6 is 22.6 Å². The van der Waals surface area contributed by atoms with E-state index in [1.165, 1.54) is 38.5 Å². The Morgan fingerprint density at radius 2 is 1.58 bits per heavy atom. The van der Waals surface area contributed by atoms with Crippen LogP contribution in [0.15, 0.2) is 0 Å². The molecule has 148 valence electrons. The van der Waals surface area contributed by atoms with Crippen LogP contribution in [0.5, 0.6) is 0 Å². The number of halogens is 1. The number of hydrogen-bond donors (Lipinski definition) is 1. The average Bonchev–Trinajstić information content (AvgIpc) is 2.94. The van der Waals surface area contributed by atoms with E-state index in [0.29, 0.717) is 9.34 Å². The summed E-state index contributed by atoms with van der Waals surface area (Å²) in [5.41, 5.74) is 0.655. The SMILES string of the molecule is C[C@]12CC[C@H]3[C@@H](CCC4CC5(CC[C@@]43C)OCC(I)CO5)[C@@H]1CC[C@H]2O. The standard InChI is InChI=1S/C22H35IO3/c1-20-9-10-22(25-12-15(23)13-26-22)11-14(20)3-4-16-17-5-6-19(24)21(17,2)8-7-18(16)20/h14-19,24H,3-13H2,1-2H3/t14?,15?,16-,17-,18-,19+,20-,21-,22?/m0/s1. The van der Waals surface area contributed by atoms with E-state index >= 15 is 0 Å². The predicted molar refractivity (Wildman–Crippen MR) is 110 cm³/mol. The molecule has 0 radical (unpaired) electrons. The van der Waals surface area contributed by atoms with Gasteiger partial charge in [-0.2, -0.15) is 0 Å². The quantitative estimate of drug-likeness (QED) is 0.400. The molecule has 1 N–H and O–H groups in total. The van der Waals surface area contributed by atoms with Crippen LogP contribution < -0.4 is 0 Å². The van der Waals surface area contributed by atoms with Crippen LogP contribution in [0.2, 0.25) is 0 Å². The number of hydrogen-bond acceptors (Lipinski definition) is 3. The lowest BCUT2D eigenvalue weighted by molar-refractivity contribution is -0.302. The first-order chi connectivity index (χ1) is 12.4. The monoisotopic (exact) mass is 474 g/mol. The third kappa shape index (κ3) is 2.60. The maximum absolute atomic E-state index is 10.6. The smallest absolute Gasteiger partial charge is 0.168 e. The second-order valence-electron chi connectivity index (χ2n) is 10.6. The van der Waals surface area contributed by atoms with Crippen LogP contribution in [-0.4, -0.2) is 34.1 Å². The van der Waals surface area contributed by atoms with Gasteiger partial charge in [-0.25, -0.2) is 0 Å². The fourth-order valence-corrected chi connectivity index (χ4v) is 8.37. The molecule has 1 spiro atoms. The van der Waals surface area contributed by atoms with Gasteiger partial charge in [-0.15, -0.1) is 0 Å². The normalized spacial score (nSPS) is 59.5. The summed E-state index contributed by atoms with van der Waals surface area (Å²) in [6, 6.07) is 0. The molecule has 0 amide bonds. The molecule has 3 nitrogen and oxygen atoms in total. The first-order valence-corrected chi connectivity index (χ1v) is 12.2. The number of rotatable bonds is 0. The minimum absolute atomic E-state index is 0.0566. The first-order valence-electron chi connectivity index (χ1n) is 11.0. The summed E-state index contributed by atoms with van der Waals surface area (Å²) in [5.74, 6) is 2.92. The molecule has 5 fully saturated rings. The zero-order chi connectivity index (χ0) is 18.2. The first kappa shape index (κ1) is 18.6. The summed E-state index contributed by atoms with van der Waals surface area (Å²) in [5, 5.41) is 10.6. The topological polar surface area (TPSA) is 38.7 Å². The van der Waals surface area contributed by atoms with E-state index in [9.17, 15) is 5.11 Å².